The van der Waals surface area contributed by atoms with Gasteiger partial charge in [-0.25, -0.2) is 0 Å². The first-order valence-corrected chi connectivity index (χ1v) is 5.91. The number of piperazine rings is 1. The first kappa shape index (κ1) is 11.6. The summed E-state index contributed by atoms with van der Waals surface area (Å²) in [6, 6.07) is 10.5. The summed E-state index contributed by atoms with van der Waals surface area (Å²) in [7, 11) is 1.79. The summed E-state index contributed by atoms with van der Waals surface area (Å²) in [4.78, 5) is 2.46. The maximum Gasteiger partial charge on any atom is 0.0947 e. The summed E-state index contributed by atoms with van der Waals surface area (Å²) in [5, 5.41) is 3.36. The second-order valence-electron chi connectivity index (χ2n) is 4.19. The first-order chi connectivity index (χ1) is 7.90. The van der Waals surface area contributed by atoms with Crippen molar-refractivity contribution in [2.24, 2.45) is 0 Å². The van der Waals surface area contributed by atoms with Gasteiger partial charge in [-0.05, 0) is 5.56 Å². The number of ether oxygens (including phenoxy) is 1. The summed E-state index contributed by atoms with van der Waals surface area (Å²) in [6.07, 6.45) is 0.194. The summed E-state index contributed by atoms with van der Waals surface area (Å²) >= 11 is 0. The van der Waals surface area contributed by atoms with Crippen molar-refractivity contribution >= 4 is 0 Å². The Balaban J connectivity index is 1.94. The smallest absolute Gasteiger partial charge is 0.0947 e. The van der Waals surface area contributed by atoms with Gasteiger partial charge >= 0.3 is 0 Å². The molecule has 0 amide bonds. The number of rotatable bonds is 4. The third kappa shape index (κ3) is 3.04. The van der Waals surface area contributed by atoms with Crippen LogP contribution in [0.3, 0.4) is 0 Å². The van der Waals surface area contributed by atoms with Crippen molar-refractivity contribution in [2.75, 3.05) is 39.8 Å². The highest BCUT2D eigenvalue weighted by molar-refractivity contribution is 5.17. The minimum absolute atomic E-state index is 0.194. The molecular weight excluding hydrogens is 200 g/mol. The quantitative estimate of drug-likeness (QED) is 0.827. The van der Waals surface area contributed by atoms with E-state index >= 15 is 0 Å². The molecule has 0 bridgehead atoms. The molecule has 1 aromatic rings. The van der Waals surface area contributed by atoms with Gasteiger partial charge in [0.05, 0.1) is 6.10 Å². The van der Waals surface area contributed by atoms with Gasteiger partial charge in [0.25, 0.3) is 0 Å². The highest BCUT2D eigenvalue weighted by Crippen LogP contribution is 2.17. The van der Waals surface area contributed by atoms with E-state index in [1.807, 2.05) is 6.07 Å². The van der Waals surface area contributed by atoms with Crippen LogP contribution >= 0.6 is 0 Å². The van der Waals surface area contributed by atoms with Crippen molar-refractivity contribution in [1.82, 2.24) is 10.2 Å². The van der Waals surface area contributed by atoms with Crippen LogP contribution in [0.4, 0.5) is 0 Å². The molecule has 1 atom stereocenters. The molecule has 0 aliphatic carbocycles. The lowest BCUT2D eigenvalue weighted by Gasteiger charge is -2.30. The molecule has 1 aromatic carbocycles. The standard InChI is InChI=1S/C13H20N2O/c1-16-13(12-5-3-2-4-6-12)11-15-9-7-14-8-10-15/h2-6,13-14H,7-11H2,1H3. The summed E-state index contributed by atoms with van der Waals surface area (Å²) in [5.74, 6) is 0. The molecule has 0 spiro atoms. The van der Waals surface area contributed by atoms with E-state index in [1.165, 1.54) is 5.56 Å². The SMILES string of the molecule is COC(CN1CCNCC1)c1ccccc1. The van der Waals surface area contributed by atoms with Crippen LogP contribution in [0, 0.1) is 0 Å². The van der Waals surface area contributed by atoms with Crippen LogP contribution in [-0.4, -0.2) is 44.7 Å². The van der Waals surface area contributed by atoms with Crippen LogP contribution in [0.5, 0.6) is 0 Å². The molecule has 2 rings (SSSR count). The molecule has 1 N–H and O–H groups in total. The summed E-state index contributed by atoms with van der Waals surface area (Å²) < 4.78 is 5.58. The number of methoxy groups -OCH3 is 1. The van der Waals surface area contributed by atoms with Crippen molar-refractivity contribution in [1.29, 1.82) is 0 Å². The lowest BCUT2D eigenvalue weighted by atomic mass is 10.1. The van der Waals surface area contributed by atoms with Crippen LogP contribution in [0.1, 0.15) is 11.7 Å². The van der Waals surface area contributed by atoms with E-state index in [0.29, 0.717) is 0 Å². The monoisotopic (exact) mass is 220 g/mol. The lowest BCUT2D eigenvalue weighted by molar-refractivity contribution is 0.0594. The molecule has 3 nitrogen and oxygen atoms in total. The van der Waals surface area contributed by atoms with E-state index in [-0.39, 0.29) is 6.10 Å². The Kier molecular flexibility index (Phi) is 4.34. The van der Waals surface area contributed by atoms with Crippen molar-refractivity contribution in [2.45, 2.75) is 6.10 Å². The number of benzene rings is 1. The van der Waals surface area contributed by atoms with E-state index in [2.05, 4.69) is 34.5 Å². The Hall–Kier alpha value is -0.900. The third-order valence-corrected chi connectivity index (χ3v) is 3.09. The van der Waals surface area contributed by atoms with Gasteiger partial charge in [-0.2, -0.15) is 0 Å². The van der Waals surface area contributed by atoms with Crippen LogP contribution in [0.2, 0.25) is 0 Å². The zero-order chi connectivity index (χ0) is 11.2. The average molecular weight is 220 g/mol. The lowest BCUT2D eigenvalue weighted by Crippen LogP contribution is -2.45. The van der Waals surface area contributed by atoms with Crippen molar-refractivity contribution in [3.05, 3.63) is 35.9 Å². The molecular formula is C13H20N2O. The third-order valence-electron chi connectivity index (χ3n) is 3.09. The molecule has 1 heterocycles. The Morgan fingerprint density at radius 1 is 1.25 bits per heavy atom. The molecule has 0 saturated carbocycles. The largest absolute Gasteiger partial charge is 0.375 e. The number of nitrogens with zero attached hydrogens (tertiary/aromatic N) is 1. The highest BCUT2D eigenvalue weighted by atomic mass is 16.5. The number of hydrogen-bond acceptors (Lipinski definition) is 3. The van der Waals surface area contributed by atoms with Crippen LogP contribution in [-0.2, 0) is 4.74 Å². The molecule has 0 radical (unpaired) electrons. The van der Waals surface area contributed by atoms with Gasteiger partial charge in [0, 0.05) is 39.8 Å². The molecule has 1 aliphatic heterocycles. The van der Waals surface area contributed by atoms with Gasteiger partial charge in [-0.3, -0.25) is 4.90 Å². The van der Waals surface area contributed by atoms with Crippen LogP contribution in [0.25, 0.3) is 0 Å². The fourth-order valence-corrected chi connectivity index (χ4v) is 2.11. The van der Waals surface area contributed by atoms with E-state index in [4.69, 9.17) is 4.74 Å². The number of nitrogens with one attached hydrogen (secondary N) is 1. The molecule has 0 aromatic heterocycles. The predicted octanol–water partition coefficient (Wildman–Crippen LogP) is 1.28. The maximum absolute atomic E-state index is 5.58. The second kappa shape index (κ2) is 5.99. The summed E-state index contributed by atoms with van der Waals surface area (Å²) in [6.45, 7) is 5.40. The van der Waals surface area contributed by atoms with Gasteiger partial charge in [0.2, 0.25) is 0 Å². The van der Waals surface area contributed by atoms with E-state index in [0.717, 1.165) is 32.7 Å². The zero-order valence-corrected chi connectivity index (χ0v) is 9.86. The highest BCUT2D eigenvalue weighted by Gasteiger charge is 2.16. The molecule has 1 unspecified atom stereocenters. The van der Waals surface area contributed by atoms with Crippen LogP contribution in [0.15, 0.2) is 30.3 Å². The fourth-order valence-electron chi connectivity index (χ4n) is 2.11. The Labute approximate surface area is 97.4 Å². The topological polar surface area (TPSA) is 24.5 Å². The molecule has 1 saturated heterocycles. The Morgan fingerprint density at radius 2 is 1.94 bits per heavy atom. The predicted molar refractivity (Wildman–Crippen MR) is 65.5 cm³/mol. The van der Waals surface area contributed by atoms with E-state index in [9.17, 15) is 0 Å². The van der Waals surface area contributed by atoms with Crippen molar-refractivity contribution in [3.63, 3.8) is 0 Å². The van der Waals surface area contributed by atoms with Crippen molar-refractivity contribution in [3.8, 4) is 0 Å². The van der Waals surface area contributed by atoms with Gasteiger partial charge < -0.3 is 10.1 Å². The Bertz CT molecular complexity index is 296. The van der Waals surface area contributed by atoms with Crippen LogP contribution < -0.4 is 5.32 Å². The minimum atomic E-state index is 0.194. The molecule has 3 heteroatoms. The van der Waals surface area contributed by atoms with E-state index < -0.39 is 0 Å². The summed E-state index contributed by atoms with van der Waals surface area (Å²) in [5.41, 5.74) is 1.27. The Morgan fingerprint density at radius 3 is 2.56 bits per heavy atom. The average Bonchev–Trinajstić information content (AvgIpc) is 2.38. The maximum atomic E-state index is 5.58. The van der Waals surface area contributed by atoms with Gasteiger partial charge in [-0.15, -0.1) is 0 Å². The molecule has 88 valence electrons. The second-order valence-corrected chi connectivity index (χ2v) is 4.19. The van der Waals surface area contributed by atoms with Gasteiger partial charge in [0.15, 0.2) is 0 Å². The van der Waals surface area contributed by atoms with E-state index in [1.54, 1.807) is 7.11 Å². The van der Waals surface area contributed by atoms with Crippen molar-refractivity contribution < 1.29 is 4.74 Å². The zero-order valence-electron chi connectivity index (χ0n) is 9.86. The molecule has 1 aliphatic rings. The number of hydrogen-bond donors (Lipinski definition) is 1. The molecule has 1 fully saturated rings. The normalized spacial score (nSPS) is 19.6. The first-order valence-electron chi connectivity index (χ1n) is 5.91. The molecule has 16 heavy (non-hydrogen) atoms. The minimum Gasteiger partial charge on any atom is -0.375 e. The van der Waals surface area contributed by atoms with Gasteiger partial charge in [-0.1, -0.05) is 30.3 Å². The van der Waals surface area contributed by atoms with Gasteiger partial charge in [0.1, 0.15) is 0 Å². The fraction of sp³-hybridized carbons (Fsp3) is 0.538.